The van der Waals surface area contributed by atoms with E-state index in [1.54, 1.807) is 60.7 Å². The first-order valence-electron chi connectivity index (χ1n) is 15.4. The van der Waals surface area contributed by atoms with Crippen LogP contribution >= 0.6 is 0 Å². The minimum absolute atomic E-state index is 0.00526. The van der Waals surface area contributed by atoms with Gasteiger partial charge in [0.05, 0.1) is 35.4 Å². The second kappa shape index (κ2) is 13.5. The quantitative estimate of drug-likeness (QED) is 0.157. The number of sulfonamides is 1. The largest absolute Gasteiger partial charge is 0.495 e. The van der Waals surface area contributed by atoms with E-state index in [4.69, 9.17) is 4.74 Å². The van der Waals surface area contributed by atoms with Crippen molar-refractivity contribution >= 4 is 33.3 Å². The van der Waals surface area contributed by atoms with Crippen molar-refractivity contribution in [1.29, 1.82) is 0 Å². The molecule has 0 radical (unpaired) electrons. The summed E-state index contributed by atoms with van der Waals surface area (Å²) in [6, 6.07) is 25.4. The van der Waals surface area contributed by atoms with Crippen LogP contribution in [0.4, 0.5) is 10.1 Å². The number of hydrogen-bond acceptors (Lipinski definition) is 7. The molecule has 1 saturated heterocycles. The van der Waals surface area contributed by atoms with E-state index in [0.29, 0.717) is 66.2 Å². The Hall–Kier alpha value is -4.87. The van der Waals surface area contributed by atoms with Crippen molar-refractivity contribution in [3.05, 3.63) is 125 Å². The summed E-state index contributed by atoms with van der Waals surface area (Å²) in [6.07, 6.45) is 1.23. The summed E-state index contributed by atoms with van der Waals surface area (Å²) in [4.78, 5) is 42.0. The molecular weight excluding hydrogens is 621 g/mol. The number of benzene rings is 4. The van der Waals surface area contributed by atoms with Gasteiger partial charge in [-0.05, 0) is 92.2 Å². The third kappa shape index (κ3) is 6.54. The number of ketones is 1. The highest BCUT2D eigenvalue weighted by atomic mass is 32.2. The molecule has 0 aromatic heterocycles. The SMILES string of the molecule is COc1ccccc1N(CCN1CCC(C(=O)c2ccc(F)cc2)CC1)S(=O)(=O)c1ccc(CN2C(=O)c3ccccc3C2=O)cc1. The van der Waals surface area contributed by atoms with E-state index < -0.39 is 10.0 Å². The van der Waals surface area contributed by atoms with Crippen LogP contribution in [0.2, 0.25) is 0 Å². The van der Waals surface area contributed by atoms with Gasteiger partial charge in [0.1, 0.15) is 11.6 Å². The number of piperidine rings is 1. The first-order valence-corrected chi connectivity index (χ1v) is 16.8. The van der Waals surface area contributed by atoms with Crippen LogP contribution < -0.4 is 9.04 Å². The van der Waals surface area contributed by atoms with Crippen LogP contribution in [0.1, 0.15) is 49.5 Å². The van der Waals surface area contributed by atoms with E-state index in [2.05, 4.69) is 4.90 Å². The number of para-hydroxylation sites is 2. The molecule has 47 heavy (non-hydrogen) atoms. The number of fused-ring (bicyclic) bond motifs is 1. The maximum absolute atomic E-state index is 14.2. The van der Waals surface area contributed by atoms with E-state index in [-0.39, 0.29) is 47.3 Å². The zero-order chi connectivity index (χ0) is 33.1. The van der Waals surface area contributed by atoms with Gasteiger partial charge in [-0.3, -0.25) is 23.6 Å². The smallest absolute Gasteiger partial charge is 0.264 e. The zero-order valence-corrected chi connectivity index (χ0v) is 26.7. The molecule has 0 bridgehead atoms. The molecule has 11 heteroatoms. The molecular formula is C36H34FN3O6S. The zero-order valence-electron chi connectivity index (χ0n) is 25.8. The molecule has 2 aliphatic rings. The number of amides is 2. The molecule has 0 N–H and O–H groups in total. The fraction of sp³-hybridized carbons (Fsp3) is 0.250. The van der Waals surface area contributed by atoms with Crippen LogP contribution in [0.5, 0.6) is 5.75 Å². The van der Waals surface area contributed by atoms with E-state index in [9.17, 15) is 27.2 Å². The third-order valence-electron chi connectivity index (χ3n) is 8.79. The van der Waals surface area contributed by atoms with Gasteiger partial charge in [-0.25, -0.2) is 12.8 Å². The Labute approximate surface area is 273 Å². The minimum Gasteiger partial charge on any atom is -0.495 e. The fourth-order valence-electron chi connectivity index (χ4n) is 6.17. The molecule has 0 saturated carbocycles. The highest BCUT2D eigenvalue weighted by Crippen LogP contribution is 2.33. The van der Waals surface area contributed by atoms with Crippen molar-refractivity contribution in [3.8, 4) is 5.75 Å². The normalized spacial score (nSPS) is 15.5. The monoisotopic (exact) mass is 655 g/mol. The second-order valence-corrected chi connectivity index (χ2v) is 13.5. The van der Waals surface area contributed by atoms with Gasteiger partial charge in [-0.15, -0.1) is 0 Å². The molecule has 2 amide bonds. The van der Waals surface area contributed by atoms with E-state index in [1.165, 1.54) is 47.8 Å². The van der Waals surface area contributed by atoms with Crippen molar-refractivity contribution in [2.75, 3.05) is 37.6 Å². The number of carbonyl (C=O) groups is 3. The number of imide groups is 1. The molecule has 2 heterocycles. The topological polar surface area (TPSA) is 104 Å². The van der Waals surface area contributed by atoms with Gasteiger partial charge in [0.15, 0.2) is 5.78 Å². The summed E-state index contributed by atoms with van der Waals surface area (Å²) in [6.45, 7) is 1.80. The average Bonchev–Trinajstić information content (AvgIpc) is 3.33. The minimum atomic E-state index is -4.07. The number of halogens is 1. The number of methoxy groups -OCH3 is 1. The molecule has 4 aromatic rings. The van der Waals surface area contributed by atoms with Crippen molar-refractivity contribution < 1.29 is 31.9 Å². The van der Waals surface area contributed by atoms with Gasteiger partial charge in [0.25, 0.3) is 21.8 Å². The number of carbonyl (C=O) groups excluding carboxylic acids is 3. The summed E-state index contributed by atoms with van der Waals surface area (Å²) < 4.78 is 48.5. The first kappa shape index (κ1) is 32.1. The average molecular weight is 656 g/mol. The fourth-order valence-corrected chi connectivity index (χ4v) is 7.63. The highest BCUT2D eigenvalue weighted by molar-refractivity contribution is 7.92. The summed E-state index contributed by atoms with van der Waals surface area (Å²) in [7, 11) is -2.58. The number of rotatable bonds is 11. The summed E-state index contributed by atoms with van der Waals surface area (Å²) in [5.74, 6) is -0.925. The van der Waals surface area contributed by atoms with Crippen LogP contribution in [0.25, 0.3) is 0 Å². The van der Waals surface area contributed by atoms with Gasteiger partial charge in [-0.1, -0.05) is 36.4 Å². The van der Waals surface area contributed by atoms with Crippen molar-refractivity contribution in [2.24, 2.45) is 5.92 Å². The molecule has 242 valence electrons. The Morgan fingerprint density at radius 3 is 2.06 bits per heavy atom. The molecule has 1 fully saturated rings. The van der Waals surface area contributed by atoms with E-state index in [1.807, 2.05) is 0 Å². The lowest BCUT2D eigenvalue weighted by Gasteiger charge is -2.33. The number of hydrogen-bond donors (Lipinski definition) is 0. The maximum atomic E-state index is 14.2. The lowest BCUT2D eigenvalue weighted by molar-refractivity contribution is 0.0641. The number of anilines is 1. The van der Waals surface area contributed by atoms with Gasteiger partial charge in [0.2, 0.25) is 0 Å². The number of Topliss-reactive ketones (excluding diaryl/α,β-unsaturated/α-hetero) is 1. The molecule has 4 aromatic carbocycles. The number of nitrogens with zero attached hydrogens (tertiary/aromatic N) is 3. The second-order valence-electron chi connectivity index (χ2n) is 11.6. The molecule has 0 unspecified atom stereocenters. The van der Waals surface area contributed by atoms with E-state index in [0.717, 1.165) is 4.90 Å². The summed E-state index contributed by atoms with van der Waals surface area (Å²) >= 11 is 0. The number of likely N-dealkylation sites (tertiary alicyclic amines) is 1. The predicted octanol–water partition coefficient (Wildman–Crippen LogP) is 5.42. The van der Waals surface area contributed by atoms with Gasteiger partial charge >= 0.3 is 0 Å². The Balaban J connectivity index is 1.16. The van der Waals surface area contributed by atoms with Crippen molar-refractivity contribution in [3.63, 3.8) is 0 Å². The Morgan fingerprint density at radius 2 is 1.45 bits per heavy atom. The predicted molar refractivity (Wildman–Crippen MR) is 175 cm³/mol. The van der Waals surface area contributed by atoms with Gasteiger partial charge in [0, 0.05) is 24.6 Å². The Kier molecular flexibility index (Phi) is 9.19. The van der Waals surface area contributed by atoms with Crippen molar-refractivity contribution in [2.45, 2.75) is 24.3 Å². The first-order chi connectivity index (χ1) is 22.7. The van der Waals surface area contributed by atoms with Crippen molar-refractivity contribution in [1.82, 2.24) is 9.80 Å². The highest BCUT2D eigenvalue weighted by Gasteiger charge is 2.35. The summed E-state index contributed by atoms with van der Waals surface area (Å²) in [5.41, 5.74) is 2.21. The molecule has 9 nitrogen and oxygen atoms in total. The van der Waals surface area contributed by atoms with Crippen LogP contribution in [0.15, 0.2) is 102 Å². The van der Waals surface area contributed by atoms with Gasteiger partial charge in [-0.2, -0.15) is 0 Å². The maximum Gasteiger partial charge on any atom is 0.264 e. The molecule has 6 rings (SSSR count). The Bertz CT molecular complexity index is 1870. The van der Waals surface area contributed by atoms with Gasteiger partial charge < -0.3 is 9.64 Å². The third-order valence-corrected chi connectivity index (χ3v) is 10.6. The molecule has 0 atom stereocenters. The van der Waals surface area contributed by atoms with Crippen LogP contribution in [0.3, 0.4) is 0 Å². The Morgan fingerprint density at radius 1 is 0.851 bits per heavy atom. The van der Waals surface area contributed by atoms with Crippen LogP contribution in [-0.2, 0) is 16.6 Å². The standard InChI is InChI=1S/C36H34FN3O6S/c1-46-33-9-5-4-8-32(33)40(23-22-38-20-18-27(19-21-38)34(41)26-12-14-28(37)15-13-26)47(44,45)29-16-10-25(11-17-29)24-39-35(42)30-6-2-3-7-31(30)36(39)43/h2-17,27H,18-24H2,1H3. The van der Waals surface area contributed by atoms with E-state index >= 15 is 0 Å². The lowest BCUT2D eigenvalue weighted by Crippen LogP contribution is -2.43. The van der Waals surface area contributed by atoms with Crippen LogP contribution in [0, 0.1) is 11.7 Å². The number of ether oxygens (including phenoxy) is 1. The summed E-state index contributed by atoms with van der Waals surface area (Å²) in [5, 5.41) is 0. The lowest BCUT2D eigenvalue weighted by atomic mass is 9.89. The molecule has 0 aliphatic carbocycles. The molecule has 2 aliphatic heterocycles. The molecule has 0 spiro atoms. The van der Waals surface area contributed by atoms with Crippen LogP contribution in [-0.4, -0.2) is 69.1 Å².